The Morgan fingerprint density at radius 2 is 1.78 bits per heavy atom. The number of aromatic nitrogens is 1. The molecule has 3 rings (SSSR count). The summed E-state index contributed by atoms with van der Waals surface area (Å²) in [6.07, 6.45) is -0.215. The summed E-state index contributed by atoms with van der Waals surface area (Å²) in [5, 5.41) is 24.9. The monoisotopic (exact) mass is 646 g/mol. The first-order valence-electron chi connectivity index (χ1n) is 15.1. The van der Waals surface area contributed by atoms with E-state index >= 15 is 0 Å². The Labute approximate surface area is 268 Å². The number of ether oxygens (including phenoxy) is 2. The van der Waals surface area contributed by atoms with Crippen molar-refractivity contribution in [2.45, 2.75) is 78.6 Å². The minimum atomic E-state index is -1.03. The van der Waals surface area contributed by atoms with E-state index < -0.39 is 41.4 Å². The van der Waals surface area contributed by atoms with Crippen LogP contribution in [-0.2, 0) is 28.7 Å². The molecule has 2 aromatic rings. The molecular weight excluding hydrogens is 600 g/mol. The number of likely N-dealkylation sites (tertiary alicyclic amines) is 1. The summed E-state index contributed by atoms with van der Waals surface area (Å²) in [5.41, 5.74) is 4.02. The molecule has 3 amide bonds. The van der Waals surface area contributed by atoms with Gasteiger partial charge in [0, 0.05) is 26.2 Å². The average Bonchev–Trinajstić information content (AvgIpc) is 3.58. The highest BCUT2D eigenvalue weighted by molar-refractivity contribution is 7.13. The van der Waals surface area contributed by atoms with Gasteiger partial charge < -0.3 is 35.2 Å². The summed E-state index contributed by atoms with van der Waals surface area (Å²) in [6, 6.07) is 5.69. The maximum Gasteiger partial charge on any atom is 0.329 e. The van der Waals surface area contributed by atoms with Gasteiger partial charge in [-0.2, -0.15) is 0 Å². The Morgan fingerprint density at radius 1 is 1.09 bits per heavy atom. The number of carboxylic acids is 1. The van der Waals surface area contributed by atoms with Gasteiger partial charge in [0.05, 0.1) is 28.2 Å². The summed E-state index contributed by atoms with van der Waals surface area (Å²) in [6.45, 7) is 11.0. The number of aliphatic hydroxyl groups is 1. The SMILES string of the molecule is Cc1ncsc1-c1ccc([C@H](C)NC(=O)[C@@H]2C[C@@H](O)CN2C(=O)[C@@H](NC(=O)COCC(C)CCOCC(=O)O)C(C)(C)C)cc1. The summed E-state index contributed by atoms with van der Waals surface area (Å²) < 4.78 is 10.6. The lowest BCUT2D eigenvalue weighted by molar-refractivity contribution is -0.144. The molecule has 0 saturated carbocycles. The highest BCUT2D eigenvalue weighted by Crippen LogP contribution is 2.29. The highest BCUT2D eigenvalue weighted by atomic mass is 32.1. The lowest BCUT2D eigenvalue weighted by Crippen LogP contribution is -2.58. The van der Waals surface area contributed by atoms with Gasteiger partial charge in [0.25, 0.3) is 0 Å². The van der Waals surface area contributed by atoms with Crippen LogP contribution >= 0.6 is 11.3 Å². The second-order valence-corrected chi connectivity index (χ2v) is 13.6. The number of hydrogen-bond donors (Lipinski definition) is 4. The van der Waals surface area contributed by atoms with Crippen molar-refractivity contribution in [3.63, 3.8) is 0 Å². The molecule has 5 atom stereocenters. The fraction of sp³-hybridized carbons (Fsp3) is 0.594. The smallest absolute Gasteiger partial charge is 0.329 e. The van der Waals surface area contributed by atoms with Gasteiger partial charge in [-0.05, 0) is 42.7 Å². The number of β-amino-alcohol motifs (C(OH)–C–C–N with tert-alkyl or cyclic N) is 1. The van der Waals surface area contributed by atoms with E-state index in [9.17, 15) is 24.3 Å². The van der Waals surface area contributed by atoms with Crippen molar-refractivity contribution in [3.05, 3.63) is 41.0 Å². The Morgan fingerprint density at radius 3 is 2.38 bits per heavy atom. The van der Waals surface area contributed by atoms with Gasteiger partial charge in [0.15, 0.2) is 0 Å². The van der Waals surface area contributed by atoms with E-state index in [1.807, 2.05) is 71.3 Å². The van der Waals surface area contributed by atoms with Gasteiger partial charge in [-0.1, -0.05) is 52.0 Å². The van der Waals surface area contributed by atoms with Crippen molar-refractivity contribution >= 4 is 35.0 Å². The number of aryl methyl sites for hydroxylation is 1. The summed E-state index contributed by atoms with van der Waals surface area (Å²) in [7, 11) is 0. The van der Waals surface area contributed by atoms with Crippen molar-refractivity contribution < 1.29 is 38.9 Å². The molecule has 0 radical (unpaired) electrons. The second kappa shape index (κ2) is 16.3. The third kappa shape index (κ3) is 10.6. The Hall–Kier alpha value is -3.39. The molecule has 0 aliphatic carbocycles. The largest absolute Gasteiger partial charge is 0.480 e. The number of nitrogens with zero attached hydrogens (tertiary/aromatic N) is 2. The fourth-order valence-electron chi connectivity index (χ4n) is 5.10. The van der Waals surface area contributed by atoms with Crippen LogP contribution in [-0.4, -0.2) is 94.9 Å². The van der Waals surface area contributed by atoms with Crippen LogP contribution in [0.2, 0.25) is 0 Å². The molecular formula is C32H46N4O8S. The van der Waals surface area contributed by atoms with Crippen LogP contribution in [0.3, 0.4) is 0 Å². The Balaban J connectivity index is 1.58. The van der Waals surface area contributed by atoms with Gasteiger partial charge in [0.2, 0.25) is 17.7 Å². The summed E-state index contributed by atoms with van der Waals surface area (Å²) in [4.78, 5) is 57.4. The van der Waals surface area contributed by atoms with Crippen LogP contribution in [0.1, 0.15) is 64.8 Å². The molecule has 248 valence electrons. The van der Waals surface area contributed by atoms with Crippen molar-refractivity contribution in [2.24, 2.45) is 11.3 Å². The highest BCUT2D eigenvalue weighted by Gasteiger charge is 2.44. The number of hydrogen-bond acceptors (Lipinski definition) is 9. The molecule has 45 heavy (non-hydrogen) atoms. The predicted octanol–water partition coefficient (Wildman–Crippen LogP) is 2.93. The molecule has 2 heterocycles. The predicted molar refractivity (Wildman–Crippen MR) is 169 cm³/mol. The molecule has 1 aromatic heterocycles. The van der Waals surface area contributed by atoms with E-state index in [-0.39, 0.29) is 57.3 Å². The number of benzene rings is 1. The topological polar surface area (TPSA) is 167 Å². The standard InChI is InChI=1S/C32H46N4O8S/c1-19(11-12-43-17-27(39)40)15-44-16-26(38)35-29(32(4,5)6)31(42)36-14-24(37)13-25(36)30(41)34-20(2)22-7-9-23(10-8-22)28-21(3)33-18-45-28/h7-10,18-20,24-25,29,37H,11-17H2,1-6H3,(H,34,41)(H,35,38)(H,39,40)/t19?,20-,24+,25-,29+/m0/s1. The van der Waals surface area contributed by atoms with Gasteiger partial charge in [0.1, 0.15) is 25.3 Å². The Kier molecular flexibility index (Phi) is 13.0. The maximum atomic E-state index is 13.8. The third-order valence-corrected chi connectivity index (χ3v) is 8.65. The number of carbonyl (C=O) groups excluding carboxylic acids is 3. The number of aliphatic hydroxyl groups excluding tert-OH is 1. The normalized spacial score (nSPS) is 18.7. The molecule has 0 bridgehead atoms. The van der Waals surface area contributed by atoms with Gasteiger partial charge in [-0.25, -0.2) is 9.78 Å². The zero-order chi connectivity index (χ0) is 33.3. The second-order valence-electron chi connectivity index (χ2n) is 12.7. The van der Waals surface area contributed by atoms with E-state index in [1.54, 1.807) is 11.3 Å². The molecule has 1 saturated heterocycles. The molecule has 1 unspecified atom stereocenters. The van der Waals surface area contributed by atoms with E-state index in [0.717, 1.165) is 21.7 Å². The first-order valence-corrected chi connectivity index (χ1v) is 16.0. The Bertz CT molecular complexity index is 1310. The minimum absolute atomic E-state index is 0.0192. The van der Waals surface area contributed by atoms with Gasteiger partial charge in [-0.3, -0.25) is 14.4 Å². The fourth-order valence-corrected chi connectivity index (χ4v) is 5.91. The molecule has 13 heteroatoms. The molecule has 1 aromatic carbocycles. The average molecular weight is 647 g/mol. The molecule has 1 aliphatic heterocycles. The lowest BCUT2D eigenvalue weighted by Gasteiger charge is -2.35. The zero-order valence-corrected chi connectivity index (χ0v) is 27.7. The molecule has 12 nitrogen and oxygen atoms in total. The van der Waals surface area contributed by atoms with E-state index in [1.165, 1.54) is 4.90 Å². The van der Waals surface area contributed by atoms with Crippen molar-refractivity contribution in [3.8, 4) is 10.4 Å². The number of aliphatic carboxylic acids is 1. The molecule has 1 fully saturated rings. The minimum Gasteiger partial charge on any atom is -0.480 e. The number of nitrogens with one attached hydrogen (secondary N) is 2. The maximum absolute atomic E-state index is 13.8. The molecule has 1 aliphatic rings. The quantitative estimate of drug-likeness (QED) is 0.213. The van der Waals surface area contributed by atoms with Crippen LogP contribution in [0.5, 0.6) is 0 Å². The molecule has 0 spiro atoms. The van der Waals surface area contributed by atoms with Crippen LogP contribution in [0.4, 0.5) is 0 Å². The van der Waals surface area contributed by atoms with Crippen molar-refractivity contribution in [1.29, 1.82) is 0 Å². The first-order chi connectivity index (χ1) is 21.2. The summed E-state index contributed by atoms with van der Waals surface area (Å²) in [5.74, 6) is -2.32. The summed E-state index contributed by atoms with van der Waals surface area (Å²) >= 11 is 1.57. The van der Waals surface area contributed by atoms with E-state index in [4.69, 9.17) is 14.6 Å². The van der Waals surface area contributed by atoms with Crippen LogP contribution in [0.15, 0.2) is 29.8 Å². The van der Waals surface area contributed by atoms with Gasteiger partial charge >= 0.3 is 5.97 Å². The number of thiazole rings is 1. The van der Waals surface area contributed by atoms with Crippen molar-refractivity contribution in [2.75, 3.05) is 33.0 Å². The number of carboxylic acid groups (broad SMARTS) is 1. The van der Waals surface area contributed by atoms with Gasteiger partial charge in [-0.15, -0.1) is 11.3 Å². The molecule has 4 N–H and O–H groups in total. The van der Waals surface area contributed by atoms with Crippen LogP contribution in [0.25, 0.3) is 10.4 Å². The third-order valence-electron chi connectivity index (χ3n) is 7.68. The first kappa shape index (κ1) is 36.1. The number of rotatable bonds is 15. The van der Waals surface area contributed by atoms with Crippen molar-refractivity contribution in [1.82, 2.24) is 20.5 Å². The lowest BCUT2D eigenvalue weighted by atomic mass is 9.85. The van der Waals surface area contributed by atoms with Crippen LogP contribution < -0.4 is 10.6 Å². The zero-order valence-electron chi connectivity index (χ0n) is 26.9. The van der Waals surface area contributed by atoms with E-state index in [2.05, 4.69) is 15.6 Å². The number of carbonyl (C=O) groups is 4. The van der Waals surface area contributed by atoms with Crippen LogP contribution in [0, 0.1) is 18.3 Å². The van der Waals surface area contributed by atoms with E-state index in [0.29, 0.717) is 6.42 Å². The number of amides is 3.